The largest absolute Gasteiger partial charge is 0.496 e. The molecule has 1 saturated heterocycles. The molecule has 18 heavy (non-hydrogen) atoms. The first-order valence-corrected chi connectivity index (χ1v) is 5.42. The number of aliphatic carboxylic acids is 1. The third-order valence-corrected chi connectivity index (χ3v) is 2.70. The molecular formula is C12H13NO5. The van der Waals surface area contributed by atoms with Crippen molar-refractivity contribution in [3.05, 3.63) is 29.8 Å². The number of amides is 1. The van der Waals surface area contributed by atoms with Crippen molar-refractivity contribution in [1.82, 2.24) is 4.90 Å². The first kappa shape index (κ1) is 12.2. The standard InChI is InChI=1S/C12H13NO5/c1-17-9-5-3-2-4-8(9)10-6-13(7-11(14)15)12(16)18-10/h2-5,10H,6-7H2,1H3,(H,14,15). The van der Waals surface area contributed by atoms with Gasteiger partial charge in [-0.15, -0.1) is 0 Å². The van der Waals surface area contributed by atoms with E-state index in [0.29, 0.717) is 5.75 Å². The van der Waals surface area contributed by atoms with Gasteiger partial charge in [-0.2, -0.15) is 0 Å². The number of hydrogen-bond acceptors (Lipinski definition) is 4. The summed E-state index contributed by atoms with van der Waals surface area (Å²) >= 11 is 0. The zero-order chi connectivity index (χ0) is 13.1. The Labute approximate surface area is 104 Å². The second-order valence-electron chi connectivity index (χ2n) is 3.89. The van der Waals surface area contributed by atoms with Crippen LogP contribution in [0, 0.1) is 0 Å². The van der Waals surface area contributed by atoms with Crippen LogP contribution >= 0.6 is 0 Å². The summed E-state index contributed by atoms with van der Waals surface area (Å²) in [6.45, 7) is -0.143. The number of nitrogens with zero attached hydrogens (tertiary/aromatic N) is 1. The first-order valence-electron chi connectivity index (χ1n) is 5.42. The Morgan fingerprint density at radius 2 is 2.28 bits per heavy atom. The number of carboxylic acids is 1. The molecule has 1 aromatic rings. The van der Waals surface area contributed by atoms with E-state index in [4.69, 9.17) is 14.6 Å². The van der Waals surface area contributed by atoms with Gasteiger partial charge < -0.3 is 14.6 Å². The van der Waals surface area contributed by atoms with Gasteiger partial charge in [0, 0.05) is 5.56 Å². The third-order valence-electron chi connectivity index (χ3n) is 2.70. The average molecular weight is 251 g/mol. The molecule has 6 nitrogen and oxygen atoms in total. The molecule has 1 heterocycles. The Morgan fingerprint density at radius 3 is 2.94 bits per heavy atom. The number of cyclic esters (lactones) is 1. The van der Waals surface area contributed by atoms with Crippen LogP contribution in [-0.4, -0.2) is 42.3 Å². The minimum atomic E-state index is -1.06. The average Bonchev–Trinajstić information content (AvgIpc) is 2.70. The van der Waals surface area contributed by atoms with E-state index >= 15 is 0 Å². The molecule has 1 aliphatic heterocycles. The van der Waals surface area contributed by atoms with Crippen LogP contribution in [0.1, 0.15) is 11.7 Å². The van der Waals surface area contributed by atoms with E-state index in [2.05, 4.69) is 0 Å². The second-order valence-corrected chi connectivity index (χ2v) is 3.89. The molecule has 1 fully saturated rings. The molecule has 1 atom stereocenters. The summed E-state index contributed by atoms with van der Waals surface area (Å²) in [5.41, 5.74) is 0.737. The lowest BCUT2D eigenvalue weighted by Crippen LogP contribution is -2.30. The molecule has 96 valence electrons. The molecule has 0 saturated carbocycles. The third kappa shape index (κ3) is 2.37. The van der Waals surface area contributed by atoms with Crippen LogP contribution in [0.2, 0.25) is 0 Å². The van der Waals surface area contributed by atoms with Crippen molar-refractivity contribution in [1.29, 1.82) is 0 Å². The maximum absolute atomic E-state index is 11.5. The van der Waals surface area contributed by atoms with E-state index in [1.54, 1.807) is 12.1 Å². The molecule has 0 spiro atoms. The van der Waals surface area contributed by atoms with E-state index in [0.717, 1.165) is 10.5 Å². The molecule has 0 aromatic heterocycles. The van der Waals surface area contributed by atoms with Gasteiger partial charge >= 0.3 is 12.1 Å². The minimum absolute atomic E-state index is 0.214. The molecule has 2 rings (SSSR count). The number of para-hydroxylation sites is 1. The van der Waals surface area contributed by atoms with Crippen LogP contribution in [0.4, 0.5) is 4.79 Å². The Balaban J connectivity index is 2.16. The van der Waals surface area contributed by atoms with Crippen molar-refractivity contribution in [3.63, 3.8) is 0 Å². The predicted octanol–water partition coefficient (Wildman–Crippen LogP) is 1.27. The van der Waals surface area contributed by atoms with Gasteiger partial charge in [0.05, 0.1) is 13.7 Å². The predicted molar refractivity (Wildman–Crippen MR) is 61.4 cm³/mol. The molecule has 1 aromatic carbocycles. The van der Waals surface area contributed by atoms with E-state index in [1.807, 2.05) is 12.1 Å². The van der Waals surface area contributed by atoms with Crippen molar-refractivity contribution in [3.8, 4) is 5.75 Å². The number of carbonyl (C=O) groups is 2. The smallest absolute Gasteiger partial charge is 0.411 e. The van der Waals surface area contributed by atoms with Gasteiger partial charge in [0.2, 0.25) is 0 Å². The number of ether oxygens (including phenoxy) is 2. The summed E-state index contributed by atoms with van der Waals surface area (Å²) in [6, 6.07) is 7.18. The van der Waals surface area contributed by atoms with E-state index in [9.17, 15) is 9.59 Å². The van der Waals surface area contributed by atoms with Crippen LogP contribution in [0.15, 0.2) is 24.3 Å². The van der Waals surface area contributed by atoms with Gasteiger partial charge in [0.1, 0.15) is 18.4 Å². The number of carbonyl (C=O) groups excluding carboxylic acids is 1. The Kier molecular flexibility index (Phi) is 3.36. The van der Waals surface area contributed by atoms with Gasteiger partial charge in [0.15, 0.2) is 0 Å². The summed E-state index contributed by atoms with van der Waals surface area (Å²) in [5, 5.41) is 8.68. The highest BCUT2D eigenvalue weighted by atomic mass is 16.6. The topological polar surface area (TPSA) is 76.1 Å². The van der Waals surface area contributed by atoms with Crippen LogP contribution in [-0.2, 0) is 9.53 Å². The minimum Gasteiger partial charge on any atom is -0.496 e. The highest BCUT2D eigenvalue weighted by Gasteiger charge is 2.34. The van der Waals surface area contributed by atoms with Gasteiger partial charge in [-0.1, -0.05) is 18.2 Å². The molecule has 1 amide bonds. The highest BCUT2D eigenvalue weighted by molar-refractivity contribution is 5.78. The Hall–Kier alpha value is -2.24. The van der Waals surface area contributed by atoms with Crippen LogP contribution in [0.5, 0.6) is 5.75 Å². The number of rotatable bonds is 4. The lowest BCUT2D eigenvalue weighted by molar-refractivity contribution is -0.137. The van der Waals surface area contributed by atoms with Crippen LogP contribution < -0.4 is 4.74 Å². The molecule has 6 heteroatoms. The summed E-state index contributed by atoms with van der Waals surface area (Å²) in [7, 11) is 1.53. The van der Waals surface area contributed by atoms with Crippen molar-refractivity contribution < 1.29 is 24.2 Å². The maximum atomic E-state index is 11.5. The van der Waals surface area contributed by atoms with Gasteiger partial charge in [0.25, 0.3) is 0 Å². The summed E-state index contributed by atoms with van der Waals surface area (Å²) < 4.78 is 10.3. The fourth-order valence-corrected chi connectivity index (χ4v) is 1.89. The molecule has 1 aliphatic rings. The Morgan fingerprint density at radius 1 is 1.56 bits per heavy atom. The molecular weight excluding hydrogens is 238 g/mol. The highest BCUT2D eigenvalue weighted by Crippen LogP contribution is 2.32. The number of hydrogen-bond donors (Lipinski definition) is 1. The van der Waals surface area contributed by atoms with Crippen molar-refractivity contribution in [2.45, 2.75) is 6.10 Å². The molecule has 0 radical (unpaired) electrons. The van der Waals surface area contributed by atoms with Crippen LogP contribution in [0.25, 0.3) is 0 Å². The van der Waals surface area contributed by atoms with Gasteiger partial charge in [-0.25, -0.2) is 4.79 Å². The SMILES string of the molecule is COc1ccccc1C1CN(CC(=O)O)C(=O)O1. The van der Waals surface area contributed by atoms with E-state index in [1.165, 1.54) is 7.11 Å². The first-order chi connectivity index (χ1) is 8.61. The number of methoxy groups -OCH3 is 1. The lowest BCUT2D eigenvalue weighted by atomic mass is 10.1. The van der Waals surface area contributed by atoms with Gasteiger partial charge in [-0.05, 0) is 6.07 Å². The van der Waals surface area contributed by atoms with E-state index < -0.39 is 18.2 Å². The number of benzene rings is 1. The zero-order valence-corrected chi connectivity index (χ0v) is 9.83. The van der Waals surface area contributed by atoms with Gasteiger partial charge in [-0.3, -0.25) is 9.69 Å². The lowest BCUT2D eigenvalue weighted by Gasteiger charge is -2.13. The van der Waals surface area contributed by atoms with Crippen LogP contribution in [0.3, 0.4) is 0 Å². The fraction of sp³-hybridized carbons (Fsp3) is 0.333. The second kappa shape index (κ2) is 4.95. The monoisotopic (exact) mass is 251 g/mol. The van der Waals surface area contributed by atoms with Crippen molar-refractivity contribution in [2.75, 3.05) is 20.2 Å². The zero-order valence-electron chi connectivity index (χ0n) is 9.83. The maximum Gasteiger partial charge on any atom is 0.411 e. The normalized spacial score (nSPS) is 18.6. The quantitative estimate of drug-likeness (QED) is 0.872. The van der Waals surface area contributed by atoms with Crippen molar-refractivity contribution in [2.24, 2.45) is 0 Å². The molecule has 0 aliphatic carbocycles. The summed E-state index contributed by atoms with van der Waals surface area (Å²) in [5.74, 6) is -0.444. The molecule has 1 unspecified atom stereocenters. The molecule has 0 bridgehead atoms. The number of carboxylic acid groups (broad SMARTS) is 1. The fourth-order valence-electron chi connectivity index (χ4n) is 1.89. The summed E-state index contributed by atoms with van der Waals surface area (Å²) in [4.78, 5) is 23.2. The summed E-state index contributed by atoms with van der Waals surface area (Å²) in [6.07, 6.45) is -1.11. The van der Waals surface area contributed by atoms with E-state index in [-0.39, 0.29) is 13.1 Å². The van der Waals surface area contributed by atoms with Crippen molar-refractivity contribution >= 4 is 12.1 Å². The Bertz CT molecular complexity index is 473. The molecule has 1 N–H and O–H groups in total.